The molecule has 1 aromatic carbocycles. The molecule has 2 N–H and O–H groups in total. The van der Waals surface area contributed by atoms with E-state index in [1.807, 2.05) is 0 Å². The van der Waals surface area contributed by atoms with Crippen molar-refractivity contribution in [2.75, 3.05) is 5.32 Å². The molecule has 1 spiro atoms. The van der Waals surface area contributed by atoms with Crippen LogP contribution in [0.15, 0.2) is 24.3 Å². The van der Waals surface area contributed by atoms with Crippen LogP contribution < -0.4 is 5.32 Å². The first-order chi connectivity index (χ1) is 15.0. The van der Waals surface area contributed by atoms with Gasteiger partial charge in [-0.3, -0.25) is 4.98 Å². The quantitative estimate of drug-likeness (QED) is 0.510. The molecule has 0 saturated heterocycles. The second-order valence-electron chi connectivity index (χ2n) is 13.8. The Morgan fingerprint density at radius 1 is 0.909 bits per heavy atom. The van der Waals surface area contributed by atoms with Gasteiger partial charge in [0.25, 0.3) is 0 Å². The summed E-state index contributed by atoms with van der Waals surface area (Å²) in [6, 6.07) is 9.20. The fourth-order valence-electron chi connectivity index (χ4n) is 5.23. The normalized spacial score (nSPS) is 20.6. The van der Waals surface area contributed by atoms with Crippen molar-refractivity contribution < 1.29 is 5.11 Å². The summed E-state index contributed by atoms with van der Waals surface area (Å²) >= 11 is 0. The zero-order valence-electron chi connectivity index (χ0n) is 22.5. The van der Waals surface area contributed by atoms with E-state index in [9.17, 15) is 5.11 Å². The average molecular weight is 449 g/mol. The van der Waals surface area contributed by atoms with Gasteiger partial charge in [-0.2, -0.15) is 0 Å². The maximum absolute atomic E-state index is 10.9. The van der Waals surface area contributed by atoms with Crippen molar-refractivity contribution in [2.45, 2.75) is 117 Å². The molecular formula is C30H44N2O. The Hall–Kier alpha value is -1.87. The molecule has 0 aliphatic heterocycles. The molecule has 1 aromatic heterocycles. The Kier molecular flexibility index (Phi) is 5.56. The van der Waals surface area contributed by atoms with E-state index < -0.39 is 6.10 Å². The molecule has 0 amide bonds. The highest BCUT2D eigenvalue weighted by atomic mass is 16.3. The van der Waals surface area contributed by atoms with E-state index in [4.69, 9.17) is 4.98 Å². The minimum absolute atomic E-state index is 0.00320. The summed E-state index contributed by atoms with van der Waals surface area (Å²) in [5, 5.41) is 14.8. The highest BCUT2D eigenvalue weighted by Crippen LogP contribution is 2.61. The third-order valence-corrected chi connectivity index (χ3v) is 7.73. The number of pyridine rings is 1. The molecule has 33 heavy (non-hydrogen) atoms. The van der Waals surface area contributed by atoms with E-state index in [1.165, 1.54) is 27.9 Å². The first-order valence-corrected chi connectivity index (χ1v) is 12.7. The van der Waals surface area contributed by atoms with Crippen LogP contribution in [0.3, 0.4) is 0 Å². The van der Waals surface area contributed by atoms with E-state index in [-0.39, 0.29) is 27.7 Å². The van der Waals surface area contributed by atoms with Crippen LogP contribution in [0, 0.1) is 5.41 Å². The lowest BCUT2D eigenvalue weighted by molar-refractivity contribution is 0.105. The first-order valence-electron chi connectivity index (χ1n) is 12.7. The van der Waals surface area contributed by atoms with Crippen LogP contribution >= 0.6 is 0 Å². The summed E-state index contributed by atoms with van der Waals surface area (Å²) in [6.07, 6.45) is 2.82. The number of aliphatic hydroxyl groups excluding tert-OH is 1. The predicted molar refractivity (Wildman–Crippen MR) is 139 cm³/mol. The maximum atomic E-state index is 10.9. The van der Waals surface area contributed by atoms with E-state index in [1.54, 1.807) is 0 Å². The Morgan fingerprint density at radius 2 is 1.45 bits per heavy atom. The standard InChI is InChI=1S/C30H44N2O/c1-18(23-12-11-19-17-30(13-14-30)26(33)24(19)32-23)31-25-21(28(5,6)7)15-20(27(2,3)4)16-22(25)29(8,9)10/h11-12,15-16,18,26,31,33H,13-14,17H2,1-10H3. The molecular weight excluding hydrogens is 404 g/mol. The number of hydrogen-bond donors (Lipinski definition) is 2. The van der Waals surface area contributed by atoms with Gasteiger partial charge in [0, 0.05) is 11.1 Å². The molecule has 2 aliphatic carbocycles. The average Bonchev–Trinajstić information content (AvgIpc) is 3.39. The van der Waals surface area contributed by atoms with Gasteiger partial charge in [0.1, 0.15) is 6.10 Å². The summed E-state index contributed by atoms with van der Waals surface area (Å²) in [6.45, 7) is 22.9. The SMILES string of the molecule is CC(Nc1c(C(C)(C)C)cc(C(C)(C)C)cc1C(C)(C)C)c1ccc2c(n1)C(O)C1(CC1)C2. The van der Waals surface area contributed by atoms with Gasteiger partial charge in [0.15, 0.2) is 0 Å². The molecule has 2 unspecified atom stereocenters. The predicted octanol–water partition coefficient (Wildman–Crippen LogP) is 7.52. The lowest BCUT2D eigenvalue weighted by atomic mass is 9.74. The number of anilines is 1. The number of nitrogens with zero attached hydrogens (tertiary/aromatic N) is 1. The van der Waals surface area contributed by atoms with Crippen molar-refractivity contribution in [3.63, 3.8) is 0 Å². The Labute approximate surface area is 201 Å². The molecule has 1 heterocycles. The van der Waals surface area contributed by atoms with Crippen LogP contribution in [0.2, 0.25) is 0 Å². The van der Waals surface area contributed by atoms with Crippen LogP contribution in [0.1, 0.15) is 128 Å². The minimum atomic E-state index is -0.402. The molecule has 3 nitrogen and oxygen atoms in total. The largest absolute Gasteiger partial charge is 0.386 e. The summed E-state index contributed by atoms with van der Waals surface area (Å²) in [4.78, 5) is 4.99. The zero-order valence-corrected chi connectivity index (χ0v) is 22.5. The van der Waals surface area contributed by atoms with Gasteiger partial charge >= 0.3 is 0 Å². The number of rotatable bonds is 3. The van der Waals surface area contributed by atoms with E-state index in [2.05, 4.69) is 98.8 Å². The van der Waals surface area contributed by atoms with Gasteiger partial charge in [-0.25, -0.2) is 0 Å². The third kappa shape index (κ3) is 4.46. The fourth-order valence-corrected chi connectivity index (χ4v) is 5.23. The number of fused-ring (bicyclic) bond motifs is 1. The van der Waals surface area contributed by atoms with E-state index >= 15 is 0 Å². The first kappa shape index (κ1) is 24.3. The highest BCUT2D eigenvalue weighted by molar-refractivity contribution is 5.65. The topological polar surface area (TPSA) is 45.2 Å². The van der Waals surface area contributed by atoms with Crippen molar-refractivity contribution in [1.29, 1.82) is 0 Å². The molecule has 0 radical (unpaired) electrons. The lowest BCUT2D eigenvalue weighted by Gasteiger charge is -2.35. The van der Waals surface area contributed by atoms with Gasteiger partial charge in [0.2, 0.25) is 0 Å². The molecule has 3 heteroatoms. The van der Waals surface area contributed by atoms with Crippen molar-refractivity contribution in [1.82, 2.24) is 4.98 Å². The smallest absolute Gasteiger partial charge is 0.102 e. The fraction of sp³-hybridized carbons (Fsp3) is 0.633. The molecule has 2 aliphatic rings. The van der Waals surface area contributed by atoms with Crippen molar-refractivity contribution >= 4 is 5.69 Å². The van der Waals surface area contributed by atoms with Crippen LogP contribution in [0.4, 0.5) is 5.69 Å². The molecule has 4 rings (SSSR count). The summed E-state index contributed by atoms with van der Waals surface area (Å²) < 4.78 is 0. The maximum Gasteiger partial charge on any atom is 0.102 e. The number of nitrogens with one attached hydrogen (secondary N) is 1. The van der Waals surface area contributed by atoms with Crippen molar-refractivity contribution in [3.8, 4) is 0 Å². The number of aliphatic hydroxyl groups is 1. The van der Waals surface area contributed by atoms with Crippen molar-refractivity contribution in [3.05, 3.63) is 57.9 Å². The highest BCUT2D eigenvalue weighted by Gasteiger charge is 2.54. The van der Waals surface area contributed by atoms with Crippen LogP contribution in [-0.2, 0) is 22.7 Å². The lowest BCUT2D eigenvalue weighted by Crippen LogP contribution is -2.25. The van der Waals surface area contributed by atoms with Gasteiger partial charge in [-0.05, 0) is 70.8 Å². The summed E-state index contributed by atoms with van der Waals surface area (Å²) in [5.74, 6) is 0. The number of aromatic nitrogens is 1. The van der Waals surface area contributed by atoms with E-state index in [0.29, 0.717) is 0 Å². The Morgan fingerprint density at radius 3 is 1.91 bits per heavy atom. The third-order valence-electron chi connectivity index (χ3n) is 7.73. The molecule has 180 valence electrons. The van der Waals surface area contributed by atoms with Crippen LogP contribution in [0.5, 0.6) is 0 Å². The minimum Gasteiger partial charge on any atom is -0.386 e. The molecule has 2 atom stereocenters. The molecule has 1 saturated carbocycles. The second kappa shape index (κ2) is 7.57. The molecule has 1 fully saturated rings. The summed E-state index contributed by atoms with van der Waals surface area (Å²) in [7, 11) is 0. The van der Waals surface area contributed by atoms with Gasteiger partial charge in [-0.1, -0.05) is 80.5 Å². The molecule has 2 aromatic rings. The van der Waals surface area contributed by atoms with Gasteiger partial charge in [-0.15, -0.1) is 0 Å². The van der Waals surface area contributed by atoms with Gasteiger partial charge < -0.3 is 10.4 Å². The van der Waals surface area contributed by atoms with Crippen molar-refractivity contribution in [2.24, 2.45) is 5.41 Å². The number of hydrogen-bond acceptors (Lipinski definition) is 3. The number of benzene rings is 1. The zero-order chi connectivity index (χ0) is 24.6. The monoisotopic (exact) mass is 448 g/mol. The van der Waals surface area contributed by atoms with Crippen LogP contribution in [-0.4, -0.2) is 10.1 Å². The molecule has 0 bridgehead atoms. The Bertz CT molecular complexity index is 1020. The summed E-state index contributed by atoms with van der Waals surface area (Å²) in [5.41, 5.74) is 8.64. The Balaban J connectivity index is 1.77. The second-order valence-corrected chi connectivity index (χ2v) is 13.8. The van der Waals surface area contributed by atoms with E-state index in [0.717, 1.165) is 30.7 Å². The van der Waals surface area contributed by atoms with Crippen LogP contribution in [0.25, 0.3) is 0 Å². The van der Waals surface area contributed by atoms with Gasteiger partial charge in [0.05, 0.1) is 17.4 Å².